The first-order chi connectivity index (χ1) is 37.2. The van der Waals surface area contributed by atoms with Gasteiger partial charge in [0.1, 0.15) is 54.1 Å². The molecule has 18 nitrogen and oxygen atoms in total. The summed E-state index contributed by atoms with van der Waals surface area (Å²) in [6, 6.07) is 37.7. The van der Waals surface area contributed by atoms with Crippen molar-refractivity contribution >= 4 is 68.0 Å². The van der Waals surface area contributed by atoms with Crippen LogP contribution in [-0.2, 0) is 26.2 Å². The molecule has 0 saturated carbocycles. The number of aryl methyl sites for hydroxylation is 4. The Balaban J connectivity index is 0.000000124. The molecule has 0 aliphatic heterocycles. The molecule has 376 valence electrons. The first kappa shape index (κ1) is 51.5. The first-order valence-corrected chi connectivity index (χ1v) is 25.1. The number of nitrogens with zero attached hydrogens (tertiary/aromatic N) is 16. The van der Waals surface area contributed by atoms with Crippen LogP contribution in [0.1, 0.15) is 27.7 Å². The van der Waals surface area contributed by atoms with Crippen LogP contribution in [0, 0.1) is 9.28 Å². The minimum Gasteiger partial charge on any atom is -0.267 e. The average Bonchev–Trinajstić information content (AvgIpc) is 3.50. The van der Waals surface area contributed by atoms with Crippen LogP contribution in [0.4, 0.5) is 0 Å². The van der Waals surface area contributed by atoms with Crippen LogP contribution in [0.25, 0.3) is 89.2 Å². The Hall–Kier alpha value is -9.40. The van der Waals surface area contributed by atoms with Crippen LogP contribution in [0.2, 0.25) is 0 Å². The molecule has 0 radical (unpaired) electrons. The fraction of sp³-hybridized carbons (Fsp3) is 0.143. The molecule has 0 fully saturated rings. The highest BCUT2D eigenvalue weighted by atomic mass is 32.1. The lowest BCUT2D eigenvalue weighted by molar-refractivity contribution is 0.624. The second kappa shape index (κ2) is 24.1. The van der Waals surface area contributed by atoms with Crippen molar-refractivity contribution in [2.24, 2.45) is 0 Å². The number of rotatable bonds is 8. The van der Waals surface area contributed by atoms with Gasteiger partial charge < -0.3 is 0 Å². The van der Waals surface area contributed by atoms with Crippen molar-refractivity contribution in [1.29, 1.82) is 0 Å². The van der Waals surface area contributed by atoms with Gasteiger partial charge in [0, 0.05) is 91.9 Å². The summed E-state index contributed by atoms with van der Waals surface area (Å²) in [7, 11) is 0. The van der Waals surface area contributed by atoms with Gasteiger partial charge in [-0.25, -0.2) is 9.36 Å². The van der Waals surface area contributed by atoms with E-state index < -0.39 is 0 Å². The zero-order valence-corrected chi connectivity index (χ0v) is 43.4. The van der Waals surface area contributed by atoms with Crippen molar-refractivity contribution < 1.29 is 0 Å². The molecular weight excluding hydrogens is 993 g/mol. The minimum atomic E-state index is -0.169. The molecule has 0 amide bonds. The maximum atomic E-state index is 12.2. The van der Waals surface area contributed by atoms with Crippen molar-refractivity contribution in [3.05, 3.63) is 201 Å². The fourth-order valence-electron chi connectivity index (χ4n) is 8.05. The van der Waals surface area contributed by atoms with Crippen LogP contribution in [0.3, 0.4) is 0 Å². The third-order valence-corrected chi connectivity index (χ3v) is 12.5. The average molecular weight is 1040 g/mol. The molecule has 0 unspecified atom stereocenters. The summed E-state index contributed by atoms with van der Waals surface area (Å²) in [5.74, 6) is 0. The SMILES string of the molecule is CCn1nc(-c2ccccn2)c2cccnc2c1=O.CCn1nc(-c2ccccn2)c2cccnc2c1=S.CCn1nc(-c2ccccn2)c2ncccc2c1=O.CCn1nc(-c2ccccn2)c2ncccc2c1=S. The van der Waals surface area contributed by atoms with Gasteiger partial charge in [0.15, 0.2) is 0 Å². The monoisotopic (exact) mass is 1040 g/mol. The molecular formula is C56H48N16O2S2. The molecule has 12 aromatic rings. The van der Waals surface area contributed by atoms with Crippen molar-refractivity contribution in [2.75, 3.05) is 0 Å². The number of hydrogen-bond donors (Lipinski definition) is 0. The van der Waals surface area contributed by atoms with Crippen molar-refractivity contribution in [1.82, 2.24) is 79.0 Å². The summed E-state index contributed by atoms with van der Waals surface area (Å²) < 4.78 is 7.83. The first-order valence-electron chi connectivity index (χ1n) is 24.3. The van der Waals surface area contributed by atoms with E-state index in [1.54, 1.807) is 72.5 Å². The van der Waals surface area contributed by atoms with Gasteiger partial charge in [0.2, 0.25) is 0 Å². The number of pyridine rings is 8. The second-order valence-corrected chi connectivity index (χ2v) is 17.1. The number of hydrogen-bond acceptors (Lipinski definition) is 16. The van der Waals surface area contributed by atoms with Crippen LogP contribution in [0.5, 0.6) is 0 Å². The normalized spacial score (nSPS) is 10.8. The van der Waals surface area contributed by atoms with Crippen LogP contribution < -0.4 is 11.1 Å². The molecule has 20 heteroatoms. The predicted octanol–water partition coefficient (Wildman–Crippen LogP) is 10.2. The third-order valence-electron chi connectivity index (χ3n) is 11.7. The Morgan fingerprint density at radius 3 is 1.11 bits per heavy atom. The van der Waals surface area contributed by atoms with E-state index >= 15 is 0 Å². The lowest BCUT2D eigenvalue weighted by Gasteiger charge is -2.09. The predicted molar refractivity (Wildman–Crippen MR) is 300 cm³/mol. The molecule has 76 heavy (non-hydrogen) atoms. The molecule has 12 rings (SSSR count). The highest BCUT2D eigenvalue weighted by molar-refractivity contribution is 7.71. The van der Waals surface area contributed by atoms with Gasteiger partial charge in [-0.3, -0.25) is 58.8 Å². The Labute approximate surface area is 445 Å². The number of aromatic nitrogens is 16. The van der Waals surface area contributed by atoms with Gasteiger partial charge in [-0.2, -0.15) is 20.4 Å². The maximum absolute atomic E-state index is 12.2. The molecule has 0 spiro atoms. The van der Waals surface area contributed by atoms with Gasteiger partial charge >= 0.3 is 0 Å². The zero-order valence-electron chi connectivity index (χ0n) is 41.8. The fourth-order valence-corrected chi connectivity index (χ4v) is 8.72. The molecule has 0 atom stereocenters. The van der Waals surface area contributed by atoms with E-state index in [2.05, 4.69) is 60.3 Å². The molecule has 0 N–H and O–H groups in total. The Morgan fingerprint density at radius 1 is 0.316 bits per heavy atom. The zero-order chi connectivity index (χ0) is 53.0. The Bertz CT molecular complexity index is 3670. The van der Waals surface area contributed by atoms with E-state index in [1.807, 2.05) is 136 Å². The van der Waals surface area contributed by atoms with E-state index in [0.717, 1.165) is 62.2 Å². The lowest BCUT2D eigenvalue weighted by Crippen LogP contribution is -2.23. The molecule has 0 bridgehead atoms. The van der Waals surface area contributed by atoms with Gasteiger partial charge in [0.25, 0.3) is 11.1 Å². The van der Waals surface area contributed by atoms with Gasteiger partial charge in [0.05, 0.1) is 28.2 Å². The third kappa shape index (κ3) is 10.9. The van der Waals surface area contributed by atoms with Gasteiger partial charge in [-0.05, 0) is 125 Å². The molecule has 0 saturated heterocycles. The van der Waals surface area contributed by atoms with Crippen LogP contribution in [0.15, 0.2) is 180 Å². The van der Waals surface area contributed by atoms with E-state index in [9.17, 15) is 9.59 Å². The van der Waals surface area contributed by atoms with Crippen molar-refractivity contribution in [3.63, 3.8) is 0 Å². The van der Waals surface area contributed by atoms with Crippen LogP contribution in [-0.4, -0.2) is 79.0 Å². The largest absolute Gasteiger partial charge is 0.293 e. The smallest absolute Gasteiger partial charge is 0.267 e. The Morgan fingerprint density at radius 2 is 0.645 bits per heavy atom. The quantitative estimate of drug-likeness (QED) is 0.130. The van der Waals surface area contributed by atoms with E-state index in [4.69, 9.17) is 24.4 Å². The standard InChI is InChI=1S/2C14H12N4O.2C14H12N4S/c1-2-18-14(19)10-6-5-9-16-12(10)13(17-18)11-7-3-4-8-15-11;1-2-18-14(19)13-10(6-5-9-16-13)12(17-18)11-7-3-4-8-15-11;1-2-18-14(19)10-6-5-9-16-12(10)13(17-18)11-7-3-4-8-15-11;1-2-18-14(19)13-10(6-5-9-16-13)12(17-18)11-7-3-4-8-15-11/h4*3-9H,2H2,1H3. The van der Waals surface area contributed by atoms with Crippen molar-refractivity contribution in [2.45, 2.75) is 53.9 Å². The summed E-state index contributed by atoms with van der Waals surface area (Å²) in [4.78, 5) is 58.9. The molecule has 0 aliphatic carbocycles. The summed E-state index contributed by atoms with van der Waals surface area (Å²) in [5, 5.41) is 21.1. The van der Waals surface area contributed by atoms with Gasteiger partial charge in [-0.1, -0.05) is 48.7 Å². The van der Waals surface area contributed by atoms with E-state index in [1.165, 1.54) is 9.36 Å². The Kier molecular flexibility index (Phi) is 16.3. The molecule has 12 aromatic heterocycles. The van der Waals surface area contributed by atoms with Crippen molar-refractivity contribution in [3.8, 4) is 45.6 Å². The summed E-state index contributed by atoms with van der Waals surface area (Å²) in [6.07, 6.45) is 13.7. The van der Waals surface area contributed by atoms with E-state index in [0.29, 0.717) is 62.4 Å². The second-order valence-electron chi connectivity index (χ2n) is 16.3. The summed E-state index contributed by atoms with van der Waals surface area (Å²) in [5.41, 5.74) is 8.34. The molecule has 0 aromatic carbocycles. The van der Waals surface area contributed by atoms with E-state index in [-0.39, 0.29) is 11.1 Å². The maximum Gasteiger partial charge on any atom is 0.293 e. The number of fused-ring (bicyclic) bond motifs is 4. The lowest BCUT2D eigenvalue weighted by atomic mass is 10.1. The topological polar surface area (TPSA) is 209 Å². The van der Waals surface area contributed by atoms with Crippen LogP contribution >= 0.6 is 24.4 Å². The summed E-state index contributed by atoms with van der Waals surface area (Å²) >= 11 is 10.9. The molecule has 0 aliphatic rings. The summed E-state index contributed by atoms with van der Waals surface area (Å²) in [6.45, 7) is 10.3. The van der Waals surface area contributed by atoms with Gasteiger partial charge in [-0.15, -0.1) is 0 Å². The highest BCUT2D eigenvalue weighted by Gasteiger charge is 2.16. The highest BCUT2D eigenvalue weighted by Crippen LogP contribution is 2.26. The molecule has 12 heterocycles. The minimum absolute atomic E-state index is 0.120.